The van der Waals surface area contributed by atoms with Gasteiger partial charge in [0.05, 0.1) is 4.92 Å². The lowest BCUT2D eigenvalue weighted by molar-refractivity contribution is -0.384. The molecule has 8 nitrogen and oxygen atoms in total. The molecule has 0 radical (unpaired) electrons. The molecule has 1 aromatic rings. The Kier molecular flexibility index (Phi) is 6.65. The molecular weight excluding hydrogens is 260 g/mol. The predicted octanol–water partition coefficient (Wildman–Crippen LogP) is 1.57. The van der Waals surface area contributed by atoms with E-state index in [9.17, 15) is 10.1 Å². The molecule has 0 aliphatic carbocycles. The number of nitrogens with zero attached hydrogens (tertiary/aromatic N) is 4. The molecule has 0 aromatic carbocycles. The number of nitrogens with one attached hydrogen (secondary N) is 2. The Morgan fingerprint density at radius 1 is 1.35 bits per heavy atom. The van der Waals surface area contributed by atoms with Crippen LogP contribution in [0.5, 0.6) is 0 Å². The Labute approximate surface area is 118 Å². The number of aromatic nitrogens is 2. The molecule has 0 bridgehead atoms. The summed E-state index contributed by atoms with van der Waals surface area (Å²) < 4.78 is 0. The van der Waals surface area contributed by atoms with Crippen LogP contribution in [-0.2, 0) is 0 Å². The highest BCUT2D eigenvalue weighted by atomic mass is 16.6. The third-order valence-corrected chi connectivity index (χ3v) is 2.83. The summed E-state index contributed by atoms with van der Waals surface area (Å²) >= 11 is 0. The summed E-state index contributed by atoms with van der Waals surface area (Å²) in [5.74, 6) is 0.664. The molecule has 1 heterocycles. The van der Waals surface area contributed by atoms with Crippen molar-refractivity contribution in [3.05, 3.63) is 16.3 Å². The van der Waals surface area contributed by atoms with Crippen molar-refractivity contribution in [2.45, 2.75) is 20.3 Å². The lowest BCUT2D eigenvalue weighted by Crippen LogP contribution is -2.25. The van der Waals surface area contributed by atoms with Crippen LogP contribution in [0.3, 0.4) is 0 Å². The molecule has 0 unspecified atom stereocenters. The van der Waals surface area contributed by atoms with Gasteiger partial charge in [0.25, 0.3) is 0 Å². The monoisotopic (exact) mass is 282 g/mol. The standard InChI is InChI=1S/C12H22N6O2/c1-4-6-14-12-15-9-10(18(19)20)11(16-12)13-7-8-17(3)5-2/h9H,4-8H2,1-3H3,(H2,13,14,15,16). The van der Waals surface area contributed by atoms with Crippen LogP contribution in [0, 0.1) is 10.1 Å². The number of rotatable bonds is 9. The lowest BCUT2D eigenvalue weighted by Gasteiger charge is -2.14. The lowest BCUT2D eigenvalue weighted by atomic mass is 10.4. The zero-order valence-electron chi connectivity index (χ0n) is 12.2. The van der Waals surface area contributed by atoms with Gasteiger partial charge < -0.3 is 15.5 Å². The molecule has 20 heavy (non-hydrogen) atoms. The second-order valence-corrected chi connectivity index (χ2v) is 4.43. The minimum Gasteiger partial charge on any atom is -0.363 e. The van der Waals surface area contributed by atoms with E-state index < -0.39 is 4.92 Å². The summed E-state index contributed by atoms with van der Waals surface area (Å²) in [6.45, 7) is 7.12. The molecule has 1 aromatic heterocycles. The van der Waals surface area contributed by atoms with Crippen molar-refractivity contribution in [1.82, 2.24) is 14.9 Å². The Hall–Kier alpha value is -1.96. The first-order valence-electron chi connectivity index (χ1n) is 6.76. The van der Waals surface area contributed by atoms with E-state index in [1.807, 2.05) is 14.0 Å². The van der Waals surface area contributed by atoms with E-state index >= 15 is 0 Å². The average molecular weight is 282 g/mol. The van der Waals surface area contributed by atoms with E-state index in [1.54, 1.807) is 0 Å². The molecule has 0 fully saturated rings. The van der Waals surface area contributed by atoms with E-state index in [2.05, 4.69) is 32.4 Å². The maximum absolute atomic E-state index is 11.0. The summed E-state index contributed by atoms with van der Waals surface area (Å²) in [6.07, 6.45) is 2.17. The molecule has 112 valence electrons. The van der Waals surface area contributed by atoms with Crippen LogP contribution >= 0.6 is 0 Å². The smallest absolute Gasteiger partial charge is 0.329 e. The van der Waals surface area contributed by atoms with Crippen LogP contribution in [0.15, 0.2) is 6.20 Å². The van der Waals surface area contributed by atoms with Gasteiger partial charge in [-0.05, 0) is 20.0 Å². The predicted molar refractivity (Wildman–Crippen MR) is 79.1 cm³/mol. The molecule has 0 amide bonds. The highest BCUT2D eigenvalue weighted by molar-refractivity contribution is 5.56. The Morgan fingerprint density at radius 3 is 2.70 bits per heavy atom. The highest BCUT2D eigenvalue weighted by Crippen LogP contribution is 2.21. The maximum Gasteiger partial charge on any atom is 0.329 e. The van der Waals surface area contributed by atoms with E-state index in [0.29, 0.717) is 12.5 Å². The highest BCUT2D eigenvalue weighted by Gasteiger charge is 2.16. The summed E-state index contributed by atoms with van der Waals surface area (Å²) in [5, 5.41) is 17.0. The largest absolute Gasteiger partial charge is 0.363 e. The Bertz CT molecular complexity index is 440. The summed E-state index contributed by atoms with van der Waals surface area (Å²) in [5.41, 5.74) is -0.105. The quantitative estimate of drug-likeness (QED) is 0.524. The minimum absolute atomic E-state index is 0.105. The van der Waals surface area contributed by atoms with Crippen molar-refractivity contribution >= 4 is 17.5 Å². The summed E-state index contributed by atoms with van der Waals surface area (Å²) in [6, 6.07) is 0. The van der Waals surface area contributed by atoms with Gasteiger partial charge >= 0.3 is 5.69 Å². The van der Waals surface area contributed by atoms with Crippen molar-refractivity contribution < 1.29 is 4.92 Å². The molecule has 8 heteroatoms. The second-order valence-electron chi connectivity index (χ2n) is 4.43. The molecule has 0 saturated carbocycles. The van der Waals surface area contributed by atoms with Crippen molar-refractivity contribution in [3.8, 4) is 0 Å². The van der Waals surface area contributed by atoms with E-state index in [1.165, 1.54) is 6.20 Å². The molecule has 2 N–H and O–H groups in total. The topological polar surface area (TPSA) is 96.2 Å². The number of hydrogen-bond acceptors (Lipinski definition) is 7. The van der Waals surface area contributed by atoms with Crippen LogP contribution in [-0.4, -0.2) is 53.0 Å². The van der Waals surface area contributed by atoms with Crippen LogP contribution in [0.2, 0.25) is 0 Å². The Balaban J connectivity index is 2.75. The van der Waals surface area contributed by atoms with Crippen molar-refractivity contribution in [2.75, 3.05) is 43.9 Å². The fourth-order valence-corrected chi connectivity index (χ4v) is 1.48. The minimum atomic E-state index is -0.477. The third kappa shape index (κ3) is 4.96. The summed E-state index contributed by atoms with van der Waals surface area (Å²) in [4.78, 5) is 20.7. The third-order valence-electron chi connectivity index (χ3n) is 2.83. The van der Waals surface area contributed by atoms with Crippen LogP contribution in [0.4, 0.5) is 17.5 Å². The van der Waals surface area contributed by atoms with Crippen LogP contribution < -0.4 is 10.6 Å². The molecule has 0 saturated heterocycles. The normalized spacial score (nSPS) is 10.6. The van der Waals surface area contributed by atoms with Gasteiger partial charge in [-0.1, -0.05) is 13.8 Å². The van der Waals surface area contributed by atoms with Gasteiger partial charge in [-0.3, -0.25) is 10.1 Å². The van der Waals surface area contributed by atoms with Gasteiger partial charge in [0, 0.05) is 19.6 Å². The van der Waals surface area contributed by atoms with Crippen molar-refractivity contribution in [2.24, 2.45) is 0 Å². The van der Waals surface area contributed by atoms with Gasteiger partial charge in [-0.15, -0.1) is 0 Å². The molecule has 0 spiro atoms. The van der Waals surface area contributed by atoms with E-state index in [4.69, 9.17) is 0 Å². The van der Waals surface area contributed by atoms with E-state index in [-0.39, 0.29) is 11.5 Å². The molecular formula is C12H22N6O2. The van der Waals surface area contributed by atoms with E-state index in [0.717, 1.165) is 26.1 Å². The van der Waals surface area contributed by atoms with Crippen molar-refractivity contribution in [3.63, 3.8) is 0 Å². The fraction of sp³-hybridized carbons (Fsp3) is 0.667. The van der Waals surface area contributed by atoms with Gasteiger partial charge in [-0.2, -0.15) is 4.98 Å². The number of anilines is 2. The molecule has 0 atom stereocenters. The first-order chi connectivity index (χ1) is 9.58. The zero-order chi connectivity index (χ0) is 15.0. The second kappa shape index (κ2) is 8.26. The molecule has 0 aliphatic rings. The van der Waals surface area contributed by atoms with Crippen LogP contribution in [0.1, 0.15) is 20.3 Å². The SMILES string of the molecule is CCCNc1ncc([N+](=O)[O-])c(NCCN(C)CC)n1. The Morgan fingerprint density at radius 2 is 2.10 bits per heavy atom. The molecule has 1 rings (SSSR count). The fourth-order valence-electron chi connectivity index (χ4n) is 1.48. The zero-order valence-corrected chi connectivity index (χ0v) is 12.2. The number of likely N-dealkylation sites (N-methyl/N-ethyl adjacent to an activating group) is 1. The number of hydrogen-bond donors (Lipinski definition) is 2. The average Bonchev–Trinajstić information content (AvgIpc) is 2.44. The number of nitro groups is 1. The maximum atomic E-state index is 11.0. The van der Waals surface area contributed by atoms with Crippen LogP contribution in [0.25, 0.3) is 0 Å². The summed E-state index contributed by atoms with van der Waals surface area (Å²) in [7, 11) is 1.99. The molecule has 0 aliphatic heterocycles. The van der Waals surface area contributed by atoms with Gasteiger partial charge in [0.1, 0.15) is 6.20 Å². The van der Waals surface area contributed by atoms with Crippen molar-refractivity contribution in [1.29, 1.82) is 0 Å². The van der Waals surface area contributed by atoms with Gasteiger partial charge in [-0.25, -0.2) is 4.98 Å². The first kappa shape index (κ1) is 16.1. The van der Waals surface area contributed by atoms with Gasteiger partial charge in [0.15, 0.2) is 0 Å². The first-order valence-corrected chi connectivity index (χ1v) is 6.76. The van der Waals surface area contributed by atoms with Gasteiger partial charge in [0.2, 0.25) is 11.8 Å².